The molecule has 0 radical (unpaired) electrons. The molecule has 5 atom stereocenters. The Bertz CT molecular complexity index is 340. The second kappa shape index (κ2) is 6.83. The Kier molecular flexibility index (Phi) is 5.70. The van der Waals surface area contributed by atoms with Gasteiger partial charge in [-0.25, -0.2) is 4.79 Å². The van der Waals surface area contributed by atoms with Crippen LogP contribution in [0.25, 0.3) is 0 Å². The number of aliphatic hydroxyl groups excluding tert-OH is 4. The van der Waals surface area contributed by atoms with Crippen molar-refractivity contribution in [2.45, 2.75) is 37.6 Å². The number of hydrogen-bond donors (Lipinski definition) is 4. The van der Waals surface area contributed by atoms with Crippen LogP contribution in [0.5, 0.6) is 0 Å². The molecule has 1 heterocycles. The number of ether oxygens (including phenoxy) is 3. The van der Waals surface area contributed by atoms with E-state index in [1.54, 1.807) is 0 Å². The van der Waals surface area contributed by atoms with E-state index in [0.717, 1.165) is 6.08 Å². The van der Waals surface area contributed by atoms with Crippen LogP contribution < -0.4 is 0 Å². The molecule has 110 valence electrons. The summed E-state index contributed by atoms with van der Waals surface area (Å²) in [4.78, 5) is 11.0. The molecular weight excluding hydrogens is 260 g/mol. The van der Waals surface area contributed by atoms with Gasteiger partial charge in [0.2, 0.25) is 6.29 Å². The number of aliphatic hydroxyl groups is 4. The molecule has 0 aliphatic carbocycles. The summed E-state index contributed by atoms with van der Waals surface area (Å²) in [5, 5.41) is 37.7. The Morgan fingerprint density at radius 1 is 1.26 bits per heavy atom. The molecule has 8 heteroatoms. The normalized spacial score (nSPS) is 35.9. The smallest absolute Gasteiger partial charge is 0.333 e. The molecule has 1 aliphatic rings. The summed E-state index contributed by atoms with van der Waals surface area (Å²) >= 11 is 0. The number of allylic oxidation sites excluding steroid dienone is 1. The topological polar surface area (TPSA) is 126 Å². The highest BCUT2D eigenvalue weighted by atomic mass is 16.7. The fourth-order valence-electron chi connectivity index (χ4n) is 1.61. The van der Waals surface area contributed by atoms with Crippen molar-refractivity contribution in [3.63, 3.8) is 0 Å². The van der Waals surface area contributed by atoms with E-state index in [9.17, 15) is 20.1 Å². The molecule has 0 aromatic rings. The highest BCUT2D eigenvalue weighted by Crippen LogP contribution is 2.23. The Labute approximate surface area is 109 Å². The van der Waals surface area contributed by atoms with E-state index in [2.05, 4.69) is 4.74 Å². The molecule has 4 N–H and O–H groups in total. The number of rotatable bonds is 4. The first kappa shape index (κ1) is 15.9. The van der Waals surface area contributed by atoms with Crippen LogP contribution in [0.15, 0.2) is 11.8 Å². The van der Waals surface area contributed by atoms with Crippen molar-refractivity contribution in [2.24, 2.45) is 0 Å². The van der Waals surface area contributed by atoms with Crippen LogP contribution in [-0.4, -0.2) is 70.8 Å². The molecule has 19 heavy (non-hydrogen) atoms. The van der Waals surface area contributed by atoms with Gasteiger partial charge in [0.1, 0.15) is 30.2 Å². The van der Waals surface area contributed by atoms with Gasteiger partial charge in [-0.1, -0.05) is 0 Å². The lowest BCUT2D eigenvalue weighted by atomic mass is 9.99. The fourth-order valence-corrected chi connectivity index (χ4v) is 1.61. The zero-order valence-corrected chi connectivity index (χ0v) is 10.6. The number of methoxy groups -OCH3 is 1. The number of carbonyl (C=O) groups is 1. The van der Waals surface area contributed by atoms with Gasteiger partial charge in [-0.15, -0.1) is 0 Å². The summed E-state index contributed by atoms with van der Waals surface area (Å²) in [6, 6.07) is 0. The molecule has 0 saturated carbocycles. The lowest BCUT2D eigenvalue weighted by molar-refractivity contribution is -0.291. The maximum Gasteiger partial charge on any atom is 0.333 e. The molecule has 0 spiro atoms. The molecule has 1 fully saturated rings. The van der Waals surface area contributed by atoms with Gasteiger partial charge in [-0.3, -0.25) is 0 Å². The predicted octanol–water partition coefficient (Wildman–Crippen LogP) is -2.12. The standard InChI is InChI=1S/C11H18O8/c1-5(3-7(13)17-2)18-11-10(16)9(15)8(14)6(4-12)19-11/h3,6,8-12,14-16H,4H2,1-2H3. The predicted molar refractivity (Wildman–Crippen MR) is 60.6 cm³/mol. The van der Waals surface area contributed by atoms with E-state index in [0.29, 0.717) is 0 Å². The third-order valence-electron chi connectivity index (χ3n) is 2.67. The molecule has 0 aromatic heterocycles. The summed E-state index contributed by atoms with van der Waals surface area (Å²) in [5.41, 5.74) is 0. The second-order valence-electron chi connectivity index (χ2n) is 4.09. The van der Waals surface area contributed by atoms with Gasteiger partial charge < -0.3 is 34.6 Å². The van der Waals surface area contributed by atoms with Crippen LogP contribution in [0, 0.1) is 0 Å². The average Bonchev–Trinajstić information content (AvgIpc) is 2.39. The van der Waals surface area contributed by atoms with Crippen molar-refractivity contribution >= 4 is 5.97 Å². The van der Waals surface area contributed by atoms with Crippen LogP contribution in [0.3, 0.4) is 0 Å². The van der Waals surface area contributed by atoms with E-state index in [-0.39, 0.29) is 5.76 Å². The van der Waals surface area contributed by atoms with E-state index in [1.807, 2.05) is 0 Å². The maximum atomic E-state index is 11.0. The number of esters is 1. The van der Waals surface area contributed by atoms with Gasteiger partial charge in [-0.2, -0.15) is 0 Å². The van der Waals surface area contributed by atoms with Gasteiger partial charge in [0.05, 0.1) is 19.8 Å². The summed E-state index contributed by atoms with van der Waals surface area (Å²) in [5.74, 6) is -0.557. The second-order valence-corrected chi connectivity index (χ2v) is 4.09. The Morgan fingerprint density at radius 2 is 1.89 bits per heavy atom. The molecule has 5 unspecified atom stereocenters. The first-order valence-electron chi connectivity index (χ1n) is 5.64. The van der Waals surface area contributed by atoms with E-state index in [1.165, 1.54) is 14.0 Å². The van der Waals surface area contributed by atoms with Crippen LogP contribution in [0.4, 0.5) is 0 Å². The molecule has 0 bridgehead atoms. The van der Waals surface area contributed by atoms with Gasteiger partial charge in [0.25, 0.3) is 0 Å². The van der Waals surface area contributed by atoms with Crippen LogP contribution >= 0.6 is 0 Å². The lowest BCUT2D eigenvalue weighted by Crippen LogP contribution is -2.59. The minimum absolute atomic E-state index is 0.0937. The number of carbonyl (C=O) groups excluding carboxylic acids is 1. The summed E-state index contributed by atoms with van der Waals surface area (Å²) in [6.07, 6.45) is -5.84. The van der Waals surface area contributed by atoms with Gasteiger partial charge in [0.15, 0.2) is 0 Å². The highest BCUT2D eigenvalue weighted by molar-refractivity contribution is 5.82. The van der Waals surface area contributed by atoms with Crippen molar-refractivity contribution in [1.29, 1.82) is 0 Å². The fraction of sp³-hybridized carbons (Fsp3) is 0.727. The zero-order valence-electron chi connectivity index (χ0n) is 10.6. The van der Waals surface area contributed by atoms with E-state index >= 15 is 0 Å². The molecule has 1 rings (SSSR count). The summed E-state index contributed by atoms with van der Waals surface area (Å²) in [7, 11) is 1.19. The Balaban J connectivity index is 2.71. The Hall–Kier alpha value is -1.19. The third kappa shape index (κ3) is 3.88. The van der Waals surface area contributed by atoms with Crippen molar-refractivity contribution in [2.75, 3.05) is 13.7 Å². The molecular formula is C11H18O8. The van der Waals surface area contributed by atoms with Crippen molar-refractivity contribution in [3.05, 3.63) is 11.8 Å². The van der Waals surface area contributed by atoms with Crippen molar-refractivity contribution in [3.8, 4) is 0 Å². The highest BCUT2D eigenvalue weighted by Gasteiger charge is 2.44. The van der Waals surface area contributed by atoms with Crippen LogP contribution in [-0.2, 0) is 19.0 Å². The first-order chi connectivity index (χ1) is 8.90. The molecule has 1 aliphatic heterocycles. The minimum atomic E-state index is -1.53. The lowest BCUT2D eigenvalue weighted by Gasteiger charge is -2.39. The quantitative estimate of drug-likeness (QED) is 0.261. The van der Waals surface area contributed by atoms with Gasteiger partial charge in [0, 0.05) is 0 Å². The largest absolute Gasteiger partial charge is 0.466 e. The number of hydrogen-bond acceptors (Lipinski definition) is 8. The average molecular weight is 278 g/mol. The van der Waals surface area contributed by atoms with Gasteiger partial charge >= 0.3 is 5.97 Å². The van der Waals surface area contributed by atoms with Gasteiger partial charge in [-0.05, 0) is 6.92 Å². The summed E-state index contributed by atoms with van der Waals surface area (Å²) in [6.45, 7) is 0.878. The third-order valence-corrected chi connectivity index (χ3v) is 2.67. The van der Waals surface area contributed by atoms with Crippen molar-refractivity contribution in [1.82, 2.24) is 0 Å². The molecule has 8 nitrogen and oxygen atoms in total. The van der Waals surface area contributed by atoms with E-state index < -0.39 is 43.3 Å². The molecule has 1 saturated heterocycles. The SMILES string of the molecule is COC(=O)C=C(C)OC1OC(CO)C(O)C(O)C1O. The Morgan fingerprint density at radius 3 is 2.42 bits per heavy atom. The van der Waals surface area contributed by atoms with Crippen LogP contribution in [0.2, 0.25) is 0 Å². The minimum Gasteiger partial charge on any atom is -0.466 e. The van der Waals surface area contributed by atoms with E-state index in [4.69, 9.17) is 14.6 Å². The molecule has 0 amide bonds. The van der Waals surface area contributed by atoms with Crippen LogP contribution in [0.1, 0.15) is 6.92 Å². The summed E-state index contributed by atoms with van der Waals surface area (Å²) < 4.78 is 14.6. The van der Waals surface area contributed by atoms with Crippen molar-refractivity contribution < 1.29 is 39.4 Å². The monoisotopic (exact) mass is 278 g/mol. The zero-order chi connectivity index (χ0) is 14.6. The first-order valence-corrected chi connectivity index (χ1v) is 5.64. The molecule has 0 aromatic carbocycles. The maximum absolute atomic E-state index is 11.0.